The Hall–Kier alpha value is -1.29. The van der Waals surface area contributed by atoms with Crippen LogP contribution in [0, 0.1) is 0 Å². The normalized spacial score (nSPS) is 14.3. The number of alkyl halides is 6. The first-order valence-electron chi connectivity index (χ1n) is 5.74. The summed E-state index contributed by atoms with van der Waals surface area (Å²) in [7, 11) is -5.48. The molecule has 0 saturated heterocycles. The van der Waals surface area contributed by atoms with Gasteiger partial charge in [0.1, 0.15) is 10.1 Å². The van der Waals surface area contributed by atoms with E-state index in [0.29, 0.717) is 0 Å². The minimum atomic E-state index is -5.48. The molecule has 10 heteroatoms. The van der Waals surface area contributed by atoms with Crippen LogP contribution in [0.4, 0.5) is 26.3 Å². The Morgan fingerprint density at radius 1 is 0.864 bits per heavy atom. The molecule has 0 radical (unpaired) electrons. The van der Waals surface area contributed by atoms with Gasteiger partial charge in [-0.2, -0.15) is 26.3 Å². The van der Waals surface area contributed by atoms with Crippen LogP contribution in [0.2, 0.25) is 0 Å². The van der Waals surface area contributed by atoms with E-state index < -0.39 is 49.5 Å². The van der Waals surface area contributed by atoms with Crippen LogP contribution >= 0.6 is 0 Å². The molecule has 1 rings (SSSR count). The van der Waals surface area contributed by atoms with E-state index in [2.05, 4.69) is 0 Å². The van der Waals surface area contributed by atoms with Crippen molar-refractivity contribution in [2.24, 2.45) is 0 Å². The van der Waals surface area contributed by atoms with Crippen LogP contribution in [0.15, 0.2) is 17.0 Å². The van der Waals surface area contributed by atoms with E-state index in [0.717, 1.165) is 20.8 Å². The van der Waals surface area contributed by atoms with Gasteiger partial charge in [-0.15, -0.1) is 0 Å². The van der Waals surface area contributed by atoms with Gasteiger partial charge in [-0.1, -0.05) is 20.8 Å². The van der Waals surface area contributed by atoms with Crippen LogP contribution in [0.5, 0.6) is 0 Å². The first-order valence-corrected chi connectivity index (χ1v) is 7.15. The minimum absolute atomic E-state index is 0.0574. The van der Waals surface area contributed by atoms with Gasteiger partial charge in [0.2, 0.25) is 0 Å². The molecule has 0 aliphatic rings. The summed E-state index contributed by atoms with van der Waals surface area (Å²) < 4.78 is 111. The topological polar surface area (TPSA) is 57.2 Å². The molecule has 0 heterocycles. The molecule has 126 valence electrons. The van der Waals surface area contributed by atoms with Gasteiger partial charge in [0.05, 0.1) is 16.0 Å². The zero-order chi connectivity index (χ0) is 17.7. The summed E-state index contributed by atoms with van der Waals surface area (Å²) in [5.41, 5.74) is -6.27. The van der Waals surface area contributed by atoms with Gasteiger partial charge in [0, 0.05) is 0 Å². The number of rotatable bonds is 1. The van der Waals surface area contributed by atoms with Gasteiger partial charge < -0.3 is 4.55 Å². The Kier molecular flexibility index (Phi) is 4.37. The maximum absolute atomic E-state index is 13.1. The van der Waals surface area contributed by atoms with Gasteiger partial charge in [-0.3, -0.25) is 0 Å². The number of benzene rings is 1. The smallest absolute Gasteiger partial charge is 0.416 e. The van der Waals surface area contributed by atoms with E-state index in [9.17, 15) is 39.3 Å². The van der Waals surface area contributed by atoms with E-state index in [-0.39, 0.29) is 12.1 Å². The van der Waals surface area contributed by atoms with Crippen molar-refractivity contribution in [3.05, 3.63) is 28.8 Å². The van der Waals surface area contributed by atoms with Crippen molar-refractivity contribution in [1.82, 2.24) is 0 Å². The monoisotopic (exact) mass is 349 g/mol. The fourth-order valence-electron chi connectivity index (χ4n) is 2.02. The Bertz CT molecular complexity index is 645. The molecule has 0 N–H and O–H groups in total. The van der Waals surface area contributed by atoms with Crippen LogP contribution in [0.25, 0.3) is 0 Å². The van der Waals surface area contributed by atoms with Crippen LogP contribution < -0.4 is 0 Å². The van der Waals surface area contributed by atoms with E-state index in [1.165, 1.54) is 0 Å². The molecule has 0 spiro atoms. The van der Waals surface area contributed by atoms with Crippen molar-refractivity contribution in [3.63, 3.8) is 0 Å². The van der Waals surface area contributed by atoms with Crippen molar-refractivity contribution in [2.75, 3.05) is 0 Å². The van der Waals surface area contributed by atoms with Gasteiger partial charge in [-0.05, 0) is 23.1 Å². The molecular formula is C12H11F6O3S-. The quantitative estimate of drug-likeness (QED) is 0.570. The first-order chi connectivity index (χ1) is 9.45. The van der Waals surface area contributed by atoms with Gasteiger partial charge in [-0.25, -0.2) is 8.42 Å². The summed E-state index contributed by atoms with van der Waals surface area (Å²) >= 11 is 0. The molecule has 0 fully saturated rings. The summed E-state index contributed by atoms with van der Waals surface area (Å²) in [6.07, 6.45) is -10.5. The second-order valence-corrected chi connectivity index (χ2v) is 6.97. The largest absolute Gasteiger partial charge is 0.744 e. The van der Waals surface area contributed by atoms with Crippen LogP contribution in [0.1, 0.15) is 37.5 Å². The van der Waals surface area contributed by atoms with Crippen LogP contribution in [-0.4, -0.2) is 13.0 Å². The van der Waals surface area contributed by atoms with Crippen molar-refractivity contribution in [3.8, 4) is 0 Å². The number of hydrogen-bond acceptors (Lipinski definition) is 3. The second kappa shape index (κ2) is 5.12. The Morgan fingerprint density at radius 3 is 1.36 bits per heavy atom. The molecule has 0 aromatic heterocycles. The SMILES string of the molecule is CC(C)(C)c1c(C(F)(F)F)cc(S(=O)(=O)[O-])cc1C(F)(F)F. The molecule has 0 aliphatic heterocycles. The average Bonchev–Trinajstić information content (AvgIpc) is 2.22. The highest BCUT2D eigenvalue weighted by Gasteiger charge is 2.44. The average molecular weight is 349 g/mol. The van der Waals surface area contributed by atoms with Crippen LogP contribution in [-0.2, 0) is 27.9 Å². The molecule has 0 unspecified atom stereocenters. The standard InChI is InChI=1S/C12H12F6O3S/c1-10(2,3)9-7(11(13,14)15)4-6(22(19,20)21)5-8(9)12(16,17)18/h4-5H,1-3H3,(H,19,20,21)/p-1. The summed E-state index contributed by atoms with van der Waals surface area (Å²) in [5.74, 6) is 0. The van der Waals surface area contributed by atoms with E-state index >= 15 is 0 Å². The third-order valence-corrected chi connectivity index (χ3v) is 3.57. The predicted molar refractivity (Wildman–Crippen MR) is 63.1 cm³/mol. The molecule has 0 aliphatic carbocycles. The van der Waals surface area contributed by atoms with Crippen molar-refractivity contribution in [1.29, 1.82) is 0 Å². The molecule has 22 heavy (non-hydrogen) atoms. The third-order valence-electron chi connectivity index (χ3n) is 2.76. The van der Waals surface area contributed by atoms with Crippen molar-refractivity contribution in [2.45, 2.75) is 43.4 Å². The number of halogens is 6. The Morgan fingerprint density at radius 2 is 1.18 bits per heavy atom. The highest BCUT2D eigenvalue weighted by Crippen LogP contribution is 2.45. The molecule has 0 bridgehead atoms. The molecule has 0 saturated carbocycles. The maximum Gasteiger partial charge on any atom is 0.416 e. The Balaban J connectivity index is 4.04. The van der Waals surface area contributed by atoms with E-state index in [4.69, 9.17) is 0 Å². The lowest BCUT2D eigenvalue weighted by atomic mass is 9.80. The highest BCUT2D eigenvalue weighted by atomic mass is 32.2. The maximum atomic E-state index is 13.1. The molecular weight excluding hydrogens is 338 g/mol. The summed E-state index contributed by atoms with van der Waals surface area (Å²) in [6, 6.07) is -0.115. The highest BCUT2D eigenvalue weighted by molar-refractivity contribution is 7.85. The van der Waals surface area contributed by atoms with Crippen molar-refractivity contribution >= 4 is 10.1 Å². The fraction of sp³-hybridized carbons (Fsp3) is 0.500. The molecule has 0 amide bonds. The van der Waals surface area contributed by atoms with Gasteiger partial charge >= 0.3 is 12.4 Å². The van der Waals surface area contributed by atoms with E-state index in [1.807, 2.05) is 0 Å². The van der Waals surface area contributed by atoms with E-state index in [1.54, 1.807) is 0 Å². The summed E-state index contributed by atoms with van der Waals surface area (Å²) in [6.45, 7) is 3.37. The zero-order valence-electron chi connectivity index (χ0n) is 11.6. The molecule has 1 aromatic rings. The summed E-state index contributed by atoms with van der Waals surface area (Å²) in [5, 5.41) is 0. The fourth-order valence-corrected chi connectivity index (χ4v) is 2.54. The van der Waals surface area contributed by atoms with Crippen LogP contribution in [0.3, 0.4) is 0 Å². The Labute approximate surface area is 122 Å². The zero-order valence-corrected chi connectivity index (χ0v) is 12.4. The lowest BCUT2D eigenvalue weighted by Gasteiger charge is -2.29. The second-order valence-electron chi connectivity index (χ2n) is 5.59. The van der Waals surface area contributed by atoms with Gasteiger partial charge in [0.25, 0.3) is 0 Å². The third kappa shape index (κ3) is 3.92. The number of hydrogen-bond donors (Lipinski definition) is 0. The predicted octanol–water partition coefficient (Wildman–Crippen LogP) is 3.93. The van der Waals surface area contributed by atoms with Crippen molar-refractivity contribution < 1.29 is 39.3 Å². The summed E-state index contributed by atoms with van der Waals surface area (Å²) in [4.78, 5) is -1.57. The molecule has 3 nitrogen and oxygen atoms in total. The minimum Gasteiger partial charge on any atom is -0.744 e. The lowest BCUT2D eigenvalue weighted by molar-refractivity contribution is -0.145. The molecule has 0 atom stereocenters. The first kappa shape index (κ1) is 18.8. The van der Waals surface area contributed by atoms with Gasteiger partial charge in [0.15, 0.2) is 0 Å². The lowest BCUT2D eigenvalue weighted by Crippen LogP contribution is -2.26. The molecule has 1 aromatic carbocycles.